The molecule has 0 aliphatic carbocycles. The number of hydrogen-bond donors (Lipinski definition) is 0. The van der Waals surface area contributed by atoms with Crippen molar-refractivity contribution < 1.29 is 0 Å². The number of rotatable bonds is 0. The minimum absolute atomic E-state index is 0.402. The van der Waals surface area contributed by atoms with Gasteiger partial charge in [0.2, 0.25) is 0 Å². The van der Waals surface area contributed by atoms with Crippen molar-refractivity contribution in [1.82, 2.24) is 0 Å². The highest BCUT2D eigenvalue weighted by Crippen LogP contribution is 2.40. The molecule has 3 rings (SSSR count). The maximum absolute atomic E-state index is 8.99. The molecule has 0 N–H and O–H groups in total. The summed E-state index contributed by atoms with van der Waals surface area (Å²) in [5.41, 5.74) is 4.90. The molecule has 0 bridgehead atoms. The first-order valence-electron chi connectivity index (χ1n) is 7.04. The lowest BCUT2D eigenvalue weighted by atomic mass is 9.90. The molecule has 2 aromatic carbocycles. The predicted molar refractivity (Wildman–Crippen MR) is 86.0 cm³/mol. The Morgan fingerprint density at radius 3 is 2.60 bits per heavy atom. The molecule has 0 saturated carbocycles. The van der Waals surface area contributed by atoms with Crippen LogP contribution >= 0.6 is 11.8 Å². The van der Waals surface area contributed by atoms with E-state index in [1.807, 2.05) is 37.7 Å². The molecule has 1 unspecified atom stereocenters. The molecule has 2 aromatic rings. The van der Waals surface area contributed by atoms with Gasteiger partial charge in [0.1, 0.15) is 0 Å². The molecule has 0 aromatic heterocycles. The van der Waals surface area contributed by atoms with E-state index in [0.717, 1.165) is 11.3 Å². The second kappa shape index (κ2) is 6.63. The molecule has 0 amide bonds. The van der Waals surface area contributed by atoms with Crippen LogP contribution in [-0.4, -0.2) is 0 Å². The van der Waals surface area contributed by atoms with Crippen LogP contribution in [0.1, 0.15) is 48.9 Å². The summed E-state index contributed by atoms with van der Waals surface area (Å²) < 4.78 is 0. The molecule has 0 saturated heterocycles. The SMILES string of the molecule is CC.CC1c2ccccc2CSc2cc(C#N)ccc21. The lowest BCUT2D eigenvalue weighted by Crippen LogP contribution is -1.98. The van der Waals surface area contributed by atoms with Gasteiger partial charge in [-0.05, 0) is 28.8 Å². The van der Waals surface area contributed by atoms with E-state index < -0.39 is 0 Å². The Morgan fingerprint density at radius 1 is 1.10 bits per heavy atom. The van der Waals surface area contributed by atoms with Gasteiger partial charge in [0, 0.05) is 16.6 Å². The van der Waals surface area contributed by atoms with E-state index in [2.05, 4.69) is 43.3 Å². The van der Waals surface area contributed by atoms with E-state index in [1.54, 1.807) is 0 Å². The normalized spacial score (nSPS) is 15.8. The van der Waals surface area contributed by atoms with E-state index in [0.29, 0.717) is 5.92 Å². The summed E-state index contributed by atoms with van der Waals surface area (Å²) in [6.45, 7) is 6.25. The number of nitriles is 1. The molecule has 0 radical (unpaired) electrons. The minimum Gasteiger partial charge on any atom is -0.192 e. The standard InChI is InChI=1S/C16H13NS.C2H6/c1-11-14-5-3-2-4-13(14)10-18-16-8-12(9-17)6-7-15(11)16;1-2/h2-8,11H,10H2,1H3;1-2H3. The molecule has 1 aliphatic heterocycles. The van der Waals surface area contributed by atoms with Crippen molar-refractivity contribution in [3.05, 3.63) is 64.7 Å². The van der Waals surface area contributed by atoms with Gasteiger partial charge in [-0.15, -0.1) is 11.8 Å². The molecule has 1 nitrogen and oxygen atoms in total. The zero-order valence-corrected chi connectivity index (χ0v) is 13.0. The topological polar surface area (TPSA) is 23.8 Å². The highest BCUT2D eigenvalue weighted by atomic mass is 32.2. The van der Waals surface area contributed by atoms with Crippen molar-refractivity contribution >= 4 is 11.8 Å². The Hall–Kier alpha value is -1.72. The molecular weight excluding hydrogens is 262 g/mol. The van der Waals surface area contributed by atoms with Crippen LogP contribution in [0.2, 0.25) is 0 Å². The largest absolute Gasteiger partial charge is 0.192 e. The first kappa shape index (κ1) is 14.7. The van der Waals surface area contributed by atoms with Gasteiger partial charge in [0.25, 0.3) is 0 Å². The fraction of sp³-hybridized carbons (Fsp3) is 0.278. The van der Waals surface area contributed by atoms with Crippen molar-refractivity contribution in [2.75, 3.05) is 0 Å². The summed E-state index contributed by atoms with van der Waals surface area (Å²) in [7, 11) is 0. The summed E-state index contributed by atoms with van der Waals surface area (Å²) >= 11 is 1.83. The smallest absolute Gasteiger partial charge is 0.0992 e. The van der Waals surface area contributed by atoms with Crippen molar-refractivity contribution in [3.63, 3.8) is 0 Å². The molecule has 2 heteroatoms. The highest BCUT2D eigenvalue weighted by Gasteiger charge is 2.20. The van der Waals surface area contributed by atoms with Crippen molar-refractivity contribution in [2.24, 2.45) is 0 Å². The van der Waals surface area contributed by atoms with Gasteiger partial charge in [-0.3, -0.25) is 0 Å². The lowest BCUT2D eigenvalue weighted by molar-refractivity contribution is 0.889. The van der Waals surface area contributed by atoms with Gasteiger partial charge in [-0.1, -0.05) is 51.1 Å². The second-order valence-corrected chi connectivity index (χ2v) is 5.59. The average Bonchev–Trinajstić information content (AvgIpc) is 2.67. The van der Waals surface area contributed by atoms with Crippen LogP contribution in [0.15, 0.2) is 47.4 Å². The van der Waals surface area contributed by atoms with Crippen molar-refractivity contribution in [3.8, 4) is 6.07 Å². The van der Waals surface area contributed by atoms with Crippen LogP contribution in [0.3, 0.4) is 0 Å². The van der Waals surface area contributed by atoms with Crippen LogP contribution in [0.5, 0.6) is 0 Å². The van der Waals surface area contributed by atoms with E-state index >= 15 is 0 Å². The maximum atomic E-state index is 8.99. The number of thioether (sulfide) groups is 1. The fourth-order valence-corrected chi connectivity index (χ4v) is 3.69. The fourth-order valence-electron chi connectivity index (χ4n) is 2.50. The van der Waals surface area contributed by atoms with E-state index in [9.17, 15) is 0 Å². The highest BCUT2D eigenvalue weighted by molar-refractivity contribution is 7.98. The van der Waals surface area contributed by atoms with Gasteiger partial charge in [0.15, 0.2) is 0 Å². The molecule has 20 heavy (non-hydrogen) atoms. The Balaban J connectivity index is 0.000000704. The molecular formula is C18H19NS. The van der Waals surface area contributed by atoms with E-state index in [1.165, 1.54) is 21.6 Å². The third-order valence-corrected chi connectivity index (χ3v) is 4.63. The quantitative estimate of drug-likeness (QED) is 0.650. The first-order chi connectivity index (χ1) is 9.79. The summed E-state index contributed by atoms with van der Waals surface area (Å²) in [5, 5.41) is 8.99. The van der Waals surface area contributed by atoms with Crippen molar-refractivity contribution in [2.45, 2.75) is 37.3 Å². The van der Waals surface area contributed by atoms with Crippen LogP contribution in [0.25, 0.3) is 0 Å². The molecule has 102 valence electrons. The average molecular weight is 281 g/mol. The van der Waals surface area contributed by atoms with Gasteiger partial charge < -0.3 is 0 Å². The molecule has 0 spiro atoms. The maximum Gasteiger partial charge on any atom is 0.0992 e. The van der Waals surface area contributed by atoms with Crippen LogP contribution in [0, 0.1) is 11.3 Å². The second-order valence-electron chi connectivity index (χ2n) is 4.57. The monoisotopic (exact) mass is 281 g/mol. The Labute approximate surface area is 125 Å². The molecule has 0 fully saturated rings. The van der Waals surface area contributed by atoms with Gasteiger partial charge in [-0.25, -0.2) is 0 Å². The third-order valence-electron chi connectivity index (χ3n) is 3.51. The summed E-state index contributed by atoms with van der Waals surface area (Å²) in [4.78, 5) is 1.25. The minimum atomic E-state index is 0.402. The number of benzene rings is 2. The number of nitrogens with zero attached hydrogens (tertiary/aromatic N) is 1. The van der Waals surface area contributed by atoms with E-state index in [-0.39, 0.29) is 0 Å². The van der Waals surface area contributed by atoms with Crippen LogP contribution in [0.4, 0.5) is 0 Å². The summed E-state index contributed by atoms with van der Waals surface area (Å²) in [6.07, 6.45) is 0. The van der Waals surface area contributed by atoms with Gasteiger partial charge in [0.05, 0.1) is 11.6 Å². The van der Waals surface area contributed by atoms with Gasteiger partial charge in [-0.2, -0.15) is 5.26 Å². The van der Waals surface area contributed by atoms with Crippen LogP contribution in [-0.2, 0) is 5.75 Å². The summed E-state index contributed by atoms with van der Waals surface area (Å²) in [6, 6.07) is 16.9. The Bertz CT molecular complexity index is 640. The van der Waals surface area contributed by atoms with E-state index in [4.69, 9.17) is 5.26 Å². The molecule has 1 aliphatic rings. The third kappa shape index (κ3) is 2.73. The van der Waals surface area contributed by atoms with Gasteiger partial charge >= 0.3 is 0 Å². The number of fused-ring (bicyclic) bond motifs is 2. The predicted octanol–water partition coefficient (Wildman–Crippen LogP) is 5.34. The summed E-state index contributed by atoms with van der Waals surface area (Å²) in [5.74, 6) is 1.39. The number of hydrogen-bond acceptors (Lipinski definition) is 2. The van der Waals surface area contributed by atoms with Crippen LogP contribution < -0.4 is 0 Å². The zero-order valence-electron chi connectivity index (χ0n) is 12.2. The Morgan fingerprint density at radius 2 is 1.85 bits per heavy atom. The van der Waals surface area contributed by atoms with Crippen molar-refractivity contribution in [1.29, 1.82) is 5.26 Å². The zero-order chi connectivity index (χ0) is 14.5. The Kier molecular flexibility index (Phi) is 4.87. The molecule has 1 heterocycles. The molecule has 1 atom stereocenters. The first-order valence-corrected chi connectivity index (χ1v) is 8.03. The lowest BCUT2D eigenvalue weighted by Gasteiger charge is -2.14.